The molecule has 0 aromatic heterocycles. The zero-order valence-corrected chi connectivity index (χ0v) is 13.2. The number of benzene rings is 1. The van der Waals surface area contributed by atoms with Crippen LogP contribution in [0.2, 0.25) is 0 Å². The minimum absolute atomic E-state index is 0.124. The van der Waals surface area contributed by atoms with Gasteiger partial charge in [-0.2, -0.15) is 11.8 Å². The van der Waals surface area contributed by atoms with Gasteiger partial charge in [0, 0.05) is 5.75 Å². The van der Waals surface area contributed by atoms with E-state index in [0.29, 0.717) is 6.61 Å². The molecule has 1 N–H and O–H groups in total. The fourth-order valence-electron chi connectivity index (χ4n) is 1.83. The van der Waals surface area contributed by atoms with E-state index >= 15 is 0 Å². The van der Waals surface area contributed by atoms with Gasteiger partial charge in [-0.05, 0) is 37.6 Å². The van der Waals surface area contributed by atoms with E-state index in [0.717, 1.165) is 30.9 Å². The van der Waals surface area contributed by atoms with Crippen molar-refractivity contribution in [1.29, 1.82) is 0 Å². The highest BCUT2D eigenvalue weighted by molar-refractivity contribution is 7.98. The maximum absolute atomic E-state index is 11.8. The Morgan fingerprint density at radius 3 is 2.70 bits per heavy atom. The molecule has 0 spiro atoms. The van der Waals surface area contributed by atoms with Gasteiger partial charge in [-0.15, -0.1) is 0 Å². The van der Waals surface area contributed by atoms with Gasteiger partial charge in [0.05, 0.1) is 6.61 Å². The van der Waals surface area contributed by atoms with Crippen molar-refractivity contribution in [3.63, 3.8) is 0 Å². The van der Waals surface area contributed by atoms with Crippen molar-refractivity contribution in [2.24, 2.45) is 0 Å². The van der Waals surface area contributed by atoms with Crippen molar-refractivity contribution < 1.29 is 9.53 Å². The molecule has 4 heteroatoms. The summed E-state index contributed by atoms with van der Waals surface area (Å²) in [4.78, 5) is 11.8. The average Bonchev–Trinajstić information content (AvgIpc) is 2.47. The Kier molecular flexibility index (Phi) is 9.16. The molecule has 20 heavy (non-hydrogen) atoms. The fraction of sp³-hybridized carbons (Fsp3) is 0.562. The zero-order chi connectivity index (χ0) is 14.6. The van der Waals surface area contributed by atoms with Crippen molar-refractivity contribution in [2.45, 2.75) is 38.5 Å². The summed E-state index contributed by atoms with van der Waals surface area (Å²) in [6.07, 6.45) is 1.84. The molecular weight excluding hydrogens is 270 g/mol. The van der Waals surface area contributed by atoms with E-state index in [1.54, 1.807) is 0 Å². The highest BCUT2D eigenvalue weighted by Gasteiger charge is 2.18. The standard InChI is InChI=1S/C16H25NO2S/c1-3-11-17-15(16(18)19-4-2)10-12-20-13-14-8-6-5-7-9-14/h5-9,15,17H,3-4,10-13H2,1-2H3. The van der Waals surface area contributed by atoms with E-state index in [9.17, 15) is 4.79 Å². The Morgan fingerprint density at radius 1 is 1.30 bits per heavy atom. The zero-order valence-electron chi connectivity index (χ0n) is 12.4. The summed E-state index contributed by atoms with van der Waals surface area (Å²) in [7, 11) is 0. The van der Waals surface area contributed by atoms with Crippen LogP contribution >= 0.6 is 11.8 Å². The molecule has 0 saturated heterocycles. The summed E-state index contributed by atoms with van der Waals surface area (Å²) < 4.78 is 5.11. The number of carbonyl (C=O) groups is 1. The topological polar surface area (TPSA) is 38.3 Å². The summed E-state index contributed by atoms with van der Waals surface area (Å²) >= 11 is 1.86. The van der Waals surface area contributed by atoms with Gasteiger partial charge in [0.25, 0.3) is 0 Å². The van der Waals surface area contributed by atoms with E-state index in [2.05, 4.69) is 36.5 Å². The minimum Gasteiger partial charge on any atom is -0.465 e. The van der Waals surface area contributed by atoms with Gasteiger partial charge < -0.3 is 10.1 Å². The minimum atomic E-state index is -0.168. The molecule has 112 valence electrons. The Hall–Kier alpha value is -1.00. The molecule has 0 bridgehead atoms. The highest BCUT2D eigenvalue weighted by atomic mass is 32.2. The smallest absolute Gasteiger partial charge is 0.323 e. The van der Waals surface area contributed by atoms with Crippen LogP contribution in [0.3, 0.4) is 0 Å². The molecule has 0 fully saturated rings. The van der Waals surface area contributed by atoms with E-state index in [1.165, 1.54) is 5.56 Å². The number of ether oxygens (including phenoxy) is 1. The van der Waals surface area contributed by atoms with Gasteiger partial charge in [0.1, 0.15) is 6.04 Å². The van der Waals surface area contributed by atoms with Gasteiger partial charge in [-0.25, -0.2) is 0 Å². The first kappa shape index (κ1) is 17.1. The lowest BCUT2D eigenvalue weighted by Crippen LogP contribution is -2.39. The first-order chi connectivity index (χ1) is 9.77. The first-order valence-corrected chi connectivity index (χ1v) is 8.45. The molecule has 0 aliphatic heterocycles. The Morgan fingerprint density at radius 2 is 2.05 bits per heavy atom. The predicted octanol–water partition coefficient (Wildman–Crippen LogP) is 3.24. The molecule has 0 heterocycles. The first-order valence-electron chi connectivity index (χ1n) is 7.29. The molecule has 0 saturated carbocycles. The predicted molar refractivity (Wildman–Crippen MR) is 85.9 cm³/mol. The van der Waals surface area contributed by atoms with Gasteiger partial charge in [0.2, 0.25) is 0 Å². The molecule has 1 aromatic carbocycles. The third-order valence-corrected chi connectivity index (χ3v) is 3.94. The van der Waals surface area contributed by atoms with Crippen molar-refractivity contribution >= 4 is 17.7 Å². The van der Waals surface area contributed by atoms with Crippen LogP contribution in [0.5, 0.6) is 0 Å². The van der Waals surface area contributed by atoms with Crippen molar-refractivity contribution in [3.8, 4) is 0 Å². The number of hydrogen-bond acceptors (Lipinski definition) is 4. The Balaban J connectivity index is 2.28. The van der Waals surface area contributed by atoms with Gasteiger partial charge in [0.15, 0.2) is 0 Å². The van der Waals surface area contributed by atoms with E-state index < -0.39 is 0 Å². The lowest BCUT2D eigenvalue weighted by Gasteiger charge is -2.16. The normalized spacial score (nSPS) is 12.1. The molecule has 3 nitrogen and oxygen atoms in total. The molecular formula is C16H25NO2S. The van der Waals surface area contributed by atoms with E-state index in [1.807, 2.05) is 24.8 Å². The van der Waals surface area contributed by atoms with E-state index in [-0.39, 0.29) is 12.0 Å². The quantitative estimate of drug-likeness (QED) is 0.531. The molecule has 1 aromatic rings. The van der Waals surface area contributed by atoms with E-state index in [4.69, 9.17) is 4.74 Å². The molecule has 1 rings (SSSR count). The van der Waals surface area contributed by atoms with Crippen LogP contribution in [0, 0.1) is 0 Å². The molecule has 0 aliphatic rings. The van der Waals surface area contributed by atoms with Crippen LogP contribution in [-0.4, -0.2) is 30.9 Å². The average molecular weight is 295 g/mol. The Bertz CT molecular complexity index is 370. The van der Waals surface area contributed by atoms with Crippen molar-refractivity contribution in [3.05, 3.63) is 35.9 Å². The maximum Gasteiger partial charge on any atom is 0.323 e. The van der Waals surface area contributed by atoms with Crippen LogP contribution in [0.15, 0.2) is 30.3 Å². The number of rotatable bonds is 10. The SMILES string of the molecule is CCCNC(CCSCc1ccccc1)C(=O)OCC. The van der Waals surface area contributed by atoms with Crippen molar-refractivity contribution in [1.82, 2.24) is 5.32 Å². The Labute approximate surface area is 126 Å². The lowest BCUT2D eigenvalue weighted by molar-refractivity contribution is -0.145. The summed E-state index contributed by atoms with van der Waals surface area (Å²) in [6.45, 7) is 5.24. The second-order valence-corrected chi connectivity index (χ2v) is 5.69. The fourth-order valence-corrected chi connectivity index (χ4v) is 2.80. The molecule has 0 radical (unpaired) electrons. The molecule has 0 amide bonds. The summed E-state index contributed by atoms with van der Waals surface area (Å²) in [6, 6.07) is 10.2. The van der Waals surface area contributed by atoms with Crippen LogP contribution in [0.1, 0.15) is 32.3 Å². The summed E-state index contributed by atoms with van der Waals surface area (Å²) in [5.74, 6) is 1.82. The van der Waals surface area contributed by atoms with Gasteiger partial charge in [-0.3, -0.25) is 4.79 Å². The second-order valence-electron chi connectivity index (χ2n) is 4.59. The number of hydrogen-bond donors (Lipinski definition) is 1. The number of thioether (sulfide) groups is 1. The molecule has 0 aliphatic carbocycles. The number of carbonyl (C=O) groups excluding carboxylic acids is 1. The van der Waals surface area contributed by atoms with Crippen LogP contribution < -0.4 is 5.32 Å². The third-order valence-electron chi connectivity index (χ3n) is 2.87. The highest BCUT2D eigenvalue weighted by Crippen LogP contribution is 2.14. The molecule has 1 atom stereocenters. The third kappa shape index (κ3) is 6.96. The summed E-state index contributed by atoms with van der Waals surface area (Å²) in [5.41, 5.74) is 1.33. The maximum atomic E-state index is 11.8. The lowest BCUT2D eigenvalue weighted by atomic mass is 10.2. The van der Waals surface area contributed by atoms with Crippen LogP contribution in [-0.2, 0) is 15.3 Å². The molecule has 1 unspecified atom stereocenters. The monoisotopic (exact) mass is 295 g/mol. The van der Waals surface area contributed by atoms with Gasteiger partial charge >= 0.3 is 5.97 Å². The van der Waals surface area contributed by atoms with Crippen LogP contribution in [0.25, 0.3) is 0 Å². The summed E-state index contributed by atoms with van der Waals surface area (Å²) in [5, 5.41) is 3.26. The number of nitrogens with one attached hydrogen (secondary N) is 1. The van der Waals surface area contributed by atoms with Crippen molar-refractivity contribution in [2.75, 3.05) is 18.9 Å². The van der Waals surface area contributed by atoms with Crippen LogP contribution in [0.4, 0.5) is 0 Å². The largest absolute Gasteiger partial charge is 0.465 e. The number of esters is 1. The second kappa shape index (κ2) is 10.7. The van der Waals surface area contributed by atoms with Gasteiger partial charge in [-0.1, -0.05) is 37.3 Å².